The van der Waals surface area contributed by atoms with Crippen LogP contribution < -0.4 is 5.32 Å². The predicted molar refractivity (Wildman–Crippen MR) is 62.6 cm³/mol. The van der Waals surface area contributed by atoms with Gasteiger partial charge in [-0.05, 0) is 6.92 Å². The minimum absolute atomic E-state index is 0.0310. The Hall–Kier alpha value is -1.56. The molecule has 0 atom stereocenters. The quantitative estimate of drug-likeness (QED) is 0.804. The third-order valence-corrected chi connectivity index (χ3v) is 3.07. The van der Waals surface area contributed by atoms with E-state index in [1.54, 1.807) is 15.8 Å². The van der Waals surface area contributed by atoms with Gasteiger partial charge >= 0.3 is 6.03 Å². The van der Waals surface area contributed by atoms with Crippen LogP contribution in [0.5, 0.6) is 0 Å². The van der Waals surface area contributed by atoms with Crippen molar-refractivity contribution in [1.29, 1.82) is 0 Å². The lowest BCUT2D eigenvalue weighted by molar-refractivity contribution is 0.0531. The number of hydrogen-bond donors (Lipinski definition) is 1. The fourth-order valence-electron chi connectivity index (χ4n) is 1.77. The van der Waals surface area contributed by atoms with E-state index in [4.69, 9.17) is 4.74 Å². The molecule has 1 aromatic heterocycles. The molecule has 17 heavy (non-hydrogen) atoms. The van der Waals surface area contributed by atoms with Crippen LogP contribution >= 0.6 is 0 Å². The maximum Gasteiger partial charge on any atom is 0.317 e. The second-order valence-electron chi connectivity index (χ2n) is 4.14. The molecule has 0 bridgehead atoms. The molecule has 1 N–H and O–H groups in total. The fraction of sp³-hybridized carbons (Fsp3) is 0.636. The number of hydrogen-bond acceptors (Lipinski definition) is 3. The van der Waals surface area contributed by atoms with Gasteiger partial charge in [-0.25, -0.2) is 4.79 Å². The molecule has 1 fully saturated rings. The van der Waals surface area contributed by atoms with Gasteiger partial charge in [0.05, 0.1) is 19.4 Å². The first-order chi connectivity index (χ1) is 8.18. The van der Waals surface area contributed by atoms with Gasteiger partial charge < -0.3 is 15.0 Å². The number of aryl methyl sites for hydroxylation is 1. The number of urea groups is 1. The number of nitrogens with zero attached hydrogens (tertiary/aromatic N) is 3. The molecule has 1 aliphatic heterocycles. The van der Waals surface area contributed by atoms with Crippen molar-refractivity contribution in [2.24, 2.45) is 7.05 Å². The van der Waals surface area contributed by atoms with Crippen LogP contribution in [0.25, 0.3) is 0 Å². The Balaban J connectivity index is 1.85. The standard InChI is InChI=1S/C11H18N4O2/c1-9-10(8-13-14(9)2)7-12-11(16)15-3-5-17-6-4-15/h8H,3-7H2,1-2H3,(H,12,16). The van der Waals surface area contributed by atoms with E-state index in [1.165, 1.54) is 0 Å². The Kier molecular flexibility index (Phi) is 3.63. The topological polar surface area (TPSA) is 59.4 Å². The number of carbonyl (C=O) groups is 1. The van der Waals surface area contributed by atoms with Gasteiger partial charge in [0.25, 0.3) is 0 Å². The summed E-state index contributed by atoms with van der Waals surface area (Å²) in [6, 6.07) is -0.0310. The zero-order valence-electron chi connectivity index (χ0n) is 10.3. The molecule has 1 aromatic rings. The molecule has 0 spiro atoms. The summed E-state index contributed by atoms with van der Waals surface area (Å²) in [6.07, 6.45) is 1.79. The van der Waals surface area contributed by atoms with E-state index in [1.807, 2.05) is 14.0 Å². The van der Waals surface area contributed by atoms with Crippen molar-refractivity contribution in [2.45, 2.75) is 13.5 Å². The average molecular weight is 238 g/mol. The number of carbonyl (C=O) groups excluding carboxylic acids is 1. The Morgan fingerprint density at radius 3 is 2.82 bits per heavy atom. The van der Waals surface area contributed by atoms with Gasteiger partial charge in [0.15, 0.2) is 0 Å². The van der Waals surface area contributed by atoms with E-state index in [9.17, 15) is 4.79 Å². The molecule has 0 aliphatic carbocycles. The summed E-state index contributed by atoms with van der Waals surface area (Å²) in [6.45, 7) is 5.09. The lowest BCUT2D eigenvalue weighted by Gasteiger charge is -2.26. The lowest BCUT2D eigenvalue weighted by Crippen LogP contribution is -2.45. The zero-order valence-corrected chi connectivity index (χ0v) is 10.3. The van der Waals surface area contributed by atoms with Crippen molar-refractivity contribution in [1.82, 2.24) is 20.0 Å². The average Bonchev–Trinajstić information content (AvgIpc) is 2.68. The van der Waals surface area contributed by atoms with Crippen LogP contribution in [-0.2, 0) is 18.3 Å². The van der Waals surface area contributed by atoms with Crippen molar-refractivity contribution in [2.75, 3.05) is 26.3 Å². The van der Waals surface area contributed by atoms with Gasteiger partial charge in [-0.15, -0.1) is 0 Å². The van der Waals surface area contributed by atoms with Gasteiger partial charge in [-0.2, -0.15) is 5.10 Å². The second-order valence-corrected chi connectivity index (χ2v) is 4.14. The molecule has 1 aliphatic rings. The molecular weight excluding hydrogens is 220 g/mol. The summed E-state index contributed by atoms with van der Waals surface area (Å²) in [4.78, 5) is 13.6. The second kappa shape index (κ2) is 5.18. The third kappa shape index (κ3) is 2.76. The maximum absolute atomic E-state index is 11.8. The van der Waals surface area contributed by atoms with E-state index >= 15 is 0 Å². The van der Waals surface area contributed by atoms with Crippen LogP contribution in [0.1, 0.15) is 11.3 Å². The summed E-state index contributed by atoms with van der Waals surface area (Å²) in [7, 11) is 1.89. The number of morpholine rings is 1. The van der Waals surface area contributed by atoms with E-state index in [0.29, 0.717) is 32.8 Å². The van der Waals surface area contributed by atoms with Crippen molar-refractivity contribution in [3.8, 4) is 0 Å². The number of rotatable bonds is 2. The van der Waals surface area contributed by atoms with E-state index in [0.717, 1.165) is 11.3 Å². The smallest absolute Gasteiger partial charge is 0.317 e. The van der Waals surface area contributed by atoms with Gasteiger partial charge in [0.1, 0.15) is 0 Å². The van der Waals surface area contributed by atoms with Gasteiger partial charge in [0, 0.05) is 37.9 Å². The molecule has 2 rings (SSSR count). The van der Waals surface area contributed by atoms with Gasteiger partial charge in [-0.1, -0.05) is 0 Å². The Bertz CT molecular complexity index is 396. The Morgan fingerprint density at radius 2 is 2.24 bits per heavy atom. The van der Waals surface area contributed by atoms with Crippen LogP contribution in [-0.4, -0.2) is 47.0 Å². The normalized spacial score (nSPS) is 16.0. The molecule has 6 heteroatoms. The molecular formula is C11H18N4O2. The van der Waals surface area contributed by atoms with Gasteiger partial charge in [-0.3, -0.25) is 4.68 Å². The molecule has 0 radical (unpaired) electrons. The molecule has 94 valence electrons. The summed E-state index contributed by atoms with van der Waals surface area (Å²) in [5.74, 6) is 0. The minimum Gasteiger partial charge on any atom is -0.378 e. The van der Waals surface area contributed by atoms with Crippen LogP contribution in [0.2, 0.25) is 0 Å². The van der Waals surface area contributed by atoms with Crippen molar-refractivity contribution >= 4 is 6.03 Å². The van der Waals surface area contributed by atoms with Crippen molar-refractivity contribution < 1.29 is 9.53 Å². The van der Waals surface area contributed by atoms with E-state index in [2.05, 4.69) is 10.4 Å². The highest BCUT2D eigenvalue weighted by molar-refractivity contribution is 5.74. The molecule has 0 saturated carbocycles. The first-order valence-electron chi connectivity index (χ1n) is 5.76. The zero-order chi connectivity index (χ0) is 12.3. The van der Waals surface area contributed by atoms with Crippen molar-refractivity contribution in [3.63, 3.8) is 0 Å². The highest BCUT2D eigenvalue weighted by atomic mass is 16.5. The third-order valence-electron chi connectivity index (χ3n) is 3.07. The predicted octanol–water partition coefficient (Wildman–Crippen LogP) is 0.270. The Labute approximate surface area is 101 Å². The molecule has 6 nitrogen and oxygen atoms in total. The highest BCUT2D eigenvalue weighted by Crippen LogP contribution is 2.05. The van der Waals surface area contributed by atoms with E-state index in [-0.39, 0.29) is 6.03 Å². The first kappa shape index (κ1) is 11.9. The summed E-state index contributed by atoms with van der Waals surface area (Å²) in [5, 5.41) is 7.04. The first-order valence-corrected chi connectivity index (χ1v) is 5.76. The number of aromatic nitrogens is 2. The van der Waals surface area contributed by atoms with Crippen LogP contribution in [0.4, 0.5) is 4.79 Å². The van der Waals surface area contributed by atoms with Gasteiger partial charge in [0.2, 0.25) is 0 Å². The highest BCUT2D eigenvalue weighted by Gasteiger charge is 2.16. The SMILES string of the molecule is Cc1c(CNC(=O)N2CCOCC2)cnn1C. The number of nitrogens with one attached hydrogen (secondary N) is 1. The molecule has 0 unspecified atom stereocenters. The summed E-state index contributed by atoms with van der Waals surface area (Å²) in [5.41, 5.74) is 2.13. The largest absolute Gasteiger partial charge is 0.378 e. The molecule has 0 aromatic carbocycles. The molecule has 2 heterocycles. The Morgan fingerprint density at radius 1 is 1.53 bits per heavy atom. The van der Waals surface area contributed by atoms with E-state index < -0.39 is 0 Å². The lowest BCUT2D eigenvalue weighted by atomic mass is 10.2. The summed E-state index contributed by atoms with van der Waals surface area (Å²) >= 11 is 0. The fourth-order valence-corrected chi connectivity index (χ4v) is 1.77. The van der Waals surface area contributed by atoms with Crippen LogP contribution in [0.15, 0.2) is 6.20 Å². The number of amides is 2. The monoisotopic (exact) mass is 238 g/mol. The molecule has 2 amide bonds. The minimum atomic E-state index is -0.0310. The number of ether oxygens (including phenoxy) is 1. The molecule has 1 saturated heterocycles. The maximum atomic E-state index is 11.8. The van der Waals surface area contributed by atoms with Crippen LogP contribution in [0.3, 0.4) is 0 Å². The van der Waals surface area contributed by atoms with Crippen LogP contribution in [0, 0.1) is 6.92 Å². The summed E-state index contributed by atoms with van der Waals surface area (Å²) < 4.78 is 7.00. The van der Waals surface area contributed by atoms with Crippen molar-refractivity contribution in [3.05, 3.63) is 17.5 Å².